The van der Waals surface area contributed by atoms with Crippen LogP contribution >= 0.6 is 11.3 Å². The molecule has 0 saturated carbocycles. The van der Waals surface area contributed by atoms with Gasteiger partial charge in [0.05, 0.1) is 10.9 Å². The fraction of sp³-hybridized carbons (Fsp3) is 0.316. The van der Waals surface area contributed by atoms with E-state index in [4.69, 9.17) is 0 Å². The third-order valence-corrected chi connectivity index (χ3v) is 5.09. The van der Waals surface area contributed by atoms with Gasteiger partial charge in [-0.3, -0.25) is 9.36 Å². The lowest BCUT2D eigenvalue weighted by Crippen LogP contribution is -2.24. The molecular weight excluding hydrogens is 336 g/mol. The largest absolute Gasteiger partial charge is 0.478 e. The highest BCUT2D eigenvalue weighted by atomic mass is 32.1. The number of fused-ring (bicyclic) bond motifs is 1. The van der Waals surface area contributed by atoms with Crippen molar-refractivity contribution in [3.63, 3.8) is 0 Å². The minimum atomic E-state index is -1.09. The van der Waals surface area contributed by atoms with Crippen molar-refractivity contribution in [2.75, 3.05) is 0 Å². The van der Waals surface area contributed by atoms with Crippen molar-refractivity contribution < 1.29 is 9.90 Å². The normalized spacial score (nSPS) is 11.1. The van der Waals surface area contributed by atoms with Gasteiger partial charge in [0.25, 0.3) is 5.56 Å². The molecule has 3 aromatic rings. The van der Waals surface area contributed by atoms with Crippen molar-refractivity contribution in [3.8, 4) is 11.4 Å². The highest BCUT2D eigenvalue weighted by molar-refractivity contribution is 7.17. The van der Waals surface area contributed by atoms with Crippen LogP contribution in [0.5, 0.6) is 0 Å². The molecule has 130 valence electrons. The van der Waals surface area contributed by atoms with E-state index in [0.717, 1.165) is 30.4 Å². The Balaban J connectivity index is 2.23. The highest BCUT2D eigenvalue weighted by Gasteiger charge is 2.20. The smallest absolute Gasteiger partial charge is 0.337 e. The molecule has 6 heteroatoms. The number of aromatic carboxylic acids is 1. The lowest BCUT2D eigenvalue weighted by molar-refractivity contribution is 0.0699. The van der Waals surface area contributed by atoms with Gasteiger partial charge in [0.2, 0.25) is 0 Å². The summed E-state index contributed by atoms with van der Waals surface area (Å²) >= 11 is 1.20. The Morgan fingerprint density at radius 1 is 1.24 bits per heavy atom. The number of hydrogen-bond donors (Lipinski definition) is 1. The van der Waals surface area contributed by atoms with Crippen LogP contribution in [-0.2, 0) is 6.54 Å². The minimum Gasteiger partial charge on any atom is -0.478 e. The maximum absolute atomic E-state index is 13.0. The second kappa shape index (κ2) is 7.19. The molecule has 0 aliphatic carbocycles. The van der Waals surface area contributed by atoms with Crippen LogP contribution in [0, 0.1) is 6.92 Å². The van der Waals surface area contributed by atoms with Crippen LogP contribution in [0.15, 0.2) is 34.4 Å². The van der Waals surface area contributed by atoms with Gasteiger partial charge in [-0.05, 0) is 13.3 Å². The molecule has 0 aliphatic rings. The lowest BCUT2D eigenvalue weighted by atomic mass is 10.1. The molecule has 2 heterocycles. The molecule has 0 aliphatic heterocycles. The molecule has 3 rings (SSSR count). The lowest BCUT2D eigenvalue weighted by Gasteiger charge is -2.13. The van der Waals surface area contributed by atoms with Crippen LogP contribution in [0.25, 0.3) is 21.6 Å². The Kier molecular flexibility index (Phi) is 4.99. The Hall–Kier alpha value is -2.47. The van der Waals surface area contributed by atoms with Gasteiger partial charge in [-0.25, -0.2) is 9.78 Å². The molecule has 5 nitrogen and oxygen atoms in total. The van der Waals surface area contributed by atoms with Crippen LogP contribution in [-0.4, -0.2) is 20.6 Å². The average molecular weight is 356 g/mol. The number of rotatable bonds is 6. The third kappa shape index (κ3) is 3.35. The van der Waals surface area contributed by atoms with Crippen LogP contribution < -0.4 is 5.56 Å². The Labute approximate surface area is 149 Å². The summed E-state index contributed by atoms with van der Waals surface area (Å²) in [5, 5.41) is 11.1. The molecule has 25 heavy (non-hydrogen) atoms. The zero-order valence-corrected chi connectivity index (χ0v) is 15.1. The van der Waals surface area contributed by atoms with E-state index in [1.165, 1.54) is 16.7 Å². The van der Waals surface area contributed by atoms with E-state index in [1.807, 2.05) is 31.2 Å². The number of benzene rings is 1. The van der Waals surface area contributed by atoms with E-state index >= 15 is 0 Å². The van der Waals surface area contributed by atoms with Gasteiger partial charge in [-0.2, -0.15) is 0 Å². The van der Waals surface area contributed by atoms with Crippen molar-refractivity contribution >= 4 is 27.5 Å². The second-order valence-electron chi connectivity index (χ2n) is 6.10. The molecule has 0 fully saturated rings. The Morgan fingerprint density at radius 3 is 2.60 bits per heavy atom. The number of nitrogens with zero attached hydrogens (tertiary/aromatic N) is 2. The van der Waals surface area contributed by atoms with Gasteiger partial charge in [-0.15, -0.1) is 11.3 Å². The molecule has 0 bridgehead atoms. The molecular formula is C19H20N2O3S. The molecule has 0 atom stereocenters. The first kappa shape index (κ1) is 17.4. The van der Waals surface area contributed by atoms with E-state index in [0.29, 0.717) is 17.2 Å². The second-order valence-corrected chi connectivity index (χ2v) is 6.96. The first-order chi connectivity index (χ1) is 12.0. The number of carbonyl (C=O) groups is 1. The number of hydrogen-bond acceptors (Lipinski definition) is 4. The van der Waals surface area contributed by atoms with E-state index in [1.54, 1.807) is 4.57 Å². The quantitative estimate of drug-likeness (QED) is 0.668. The third-order valence-electron chi connectivity index (χ3n) is 4.22. The van der Waals surface area contributed by atoms with E-state index in [2.05, 4.69) is 11.9 Å². The van der Waals surface area contributed by atoms with Gasteiger partial charge in [-0.1, -0.05) is 49.6 Å². The van der Waals surface area contributed by atoms with Gasteiger partial charge in [0, 0.05) is 17.5 Å². The fourth-order valence-electron chi connectivity index (χ4n) is 2.83. The molecule has 1 N–H and O–H groups in total. The van der Waals surface area contributed by atoms with Crippen molar-refractivity contribution in [1.82, 2.24) is 9.55 Å². The first-order valence-electron chi connectivity index (χ1n) is 8.35. The number of carboxylic acids is 1. The predicted octanol–water partition coefficient (Wildman–Crippen LogP) is 4.32. The topological polar surface area (TPSA) is 72.2 Å². The zero-order valence-electron chi connectivity index (χ0n) is 14.3. The number of aromatic nitrogens is 2. The number of thiophene rings is 1. The molecule has 0 radical (unpaired) electrons. The van der Waals surface area contributed by atoms with Crippen molar-refractivity contribution in [2.24, 2.45) is 0 Å². The van der Waals surface area contributed by atoms with E-state index in [9.17, 15) is 14.7 Å². The molecule has 0 amide bonds. The molecule has 0 unspecified atom stereocenters. The van der Waals surface area contributed by atoms with Crippen molar-refractivity contribution in [2.45, 2.75) is 39.7 Å². The summed E-state index contributed by atoms with van der Waals surface area (Å²) in [5.74, 6) is -0.485. The maximum atomic E-state index is 13.0. The van der Waals surface area contributed by atoms with Gasteiger partial charge < -0.3 is 5.11 Å². The summed E-state index contributed by atoms with van der Waals surface area (Å²) in [5.41, 5.74) is 1.77. The standard InChI is InChI=1S/C19H20N2O3S/c1-3-4-5-10-21-16(13-8-6-12(2)7-9-13)20-17-15(18(21)22)14(11-25-17)19(23)24/h6-9,11H,3-5,10H2,1-2H3,(H,23,24). The summed E-state index contributed by atoms with van der Waals surface area (Å²) in [6.45, 7) is 4.65. The number of carboxylic acid groups (broad SMARTS) is 1. The SMILES string of the molecule is CCCCCn1c(-c2ccc(C)cc2)nc2scc(C(=O)O)c2c1=O. The van der Waals surface area contributed by atoms with Gasteiger partial charge in [0.15, 0.2) is 0 Å². The fourth-order valence-corrected chi connectivity index (χ4v) is 3.73. The maximum Gasteiger partial charge on any atom is 0.337 e. The summed E-state index contributed by atoms with van der Waals surface area (Å²) in [7, 11) is 0. The monoisotopic (exact) mass is 356 g/mol. The van der Waals surface area contributed by atoms with Crippen molar-refractivity contribution in [1.29, 1.82) is 0 Å². The van der Waals surface area contributed by atoms with Gasteiger partial charge in [0.1, 0.15) is 10.7 Å². The highest BCUT2D eigenvalue weighted by Crippen LogP contribution is 2.26. The van der Waals surface area contributed by atoms with Gasteiger partial charge >= 0.3 is 5.97 Å². The summed E-state index contributed by atoms with van der Waals surface area (Å²) in [4.78, 5) is 29.6. The Bertz CT molecular complexity index is 971. The zero-order chi connectivity index (χ0) is 18.0. The summed E-state index contributed by atoms with van der Waals surface area (Å²) in [6, 6.07) is 7.87. The molecule has 0 spiro atoms. The molecule has 0 saturated heterocycles. The summed E-state index contributed by atoms with van der Waals surface area (Å²) < 4.78 is 1.63. The number of unbranched alkanes of at least 4 members (excludes halogenated alkanes) is 2. The summed E-state index contributed by atoms with van der Waals surface area (Å²) in [6.07, 6.45) is 2.91. The van der Waals surface area contributed by atoms with E-state index < -0.39 is 5.97 Å². The van der Waals surface area contributed by atoms with E-state index in [-0.39, 0.29) is 16.5 Å². The minimum absolute atomic E-state index is 0.0391. The average Bonchev–Trinajstić information content (AvgIpc) is 3.02. The molecule has 2 aromatic heterocycles. The molecule has 1 aromatic carbocycles. The van der Waals surface area contributed by atoms with Crippen LogP contribution in [0.4, 0.5) is 0 Å². The Morgan fingerprint density at radius 2 is 1.96 bits per heavy atom. The van der Waals surface area contributed by atoms with Crippen LogP contribution in [0.3, 0.4) is 0 Å². The predicted molar refractivity (Wildman–Crippen MR) is 101 cm³/mol. The van der Waals surface area contributed by atoms with Crippen molar-refractivity contribution in [3.05, 3.63) is 51.1 Å². The number of aryl methyl sites for hydroxylation is 1. The van der Waals surface area contributed by atoms with Crippen LogP contribution in [0.2, 0.25) is 0 Å². The first-order valence-corrected chi connectivity index (χ1v) is 9.23. The van der Waals surface area contributed by atoms with Crippen LogP contribution in [0.1, 0.15) is 42.1 Å².